The lowest BCUT2D eigenvalue weighted by Gasteiger charge is -2.35. The Morgan fingerprint density at radius 3 is 2.53 bits per heavy atom. The summed E-state index contributed by atoms with van der Waals surface area (Å²) in [5, 5.41) is 11.8. The molecule has 5 heteroatoms. The second kappa shape index (κ2) is 14.3. The van der Waals surface area contributed by atoms with Crippen molar-refractivity contribution in [1.82, 2.24) is 10.2 Å². The summed E-state index contributed by atoms with van der Waals surface area (Å²) in [6.07, 6.45) is 16.9. The minimum Gasteiger partial charge on any atom is -0.494 e. The van der Waals surface area contributed by atoms with Crippen molar-refractivity contribution in [2.75, 3.05) is 32.8 Å². The maximum atomic E-state index is 12.5. The zero-order valence-electron chi connectivity index (χ0n) is 22.8. The molecule has 0 atom stereocenters. The summed E-state index contributed by atoms with van der Waals surface area (Å²) in [5.74, 6) is 2.09. The van der Waals surface area contributed by atoms with Gasteiger partial charge in [0.1, 0.15) is 5.75 Å². The number of likely N-dealkylation sites (tertiary alicyclic amines) is 1. The van der Waals surface area contributed by atoms with Crippen molar-refractivity contribution < 1.29 is 14.6 Å². The van der Waals surface area contributed by atoms with Gasteiger partial charge in [0.2, 0.25) is 0 Å². The molecule has 1 aliphatic heterocycles. The Bertz CT molecular complexity index is 930. The number of rotatable bonds is 11. The highest BCUT2D eigenvalue weighted by Crippen LogP contribution is 2.28. The summed E-state index contributed by atoms with van der Waals surface area (Å²) in [5.41, 5.74) is 5.47. The van der Waals surface area contributed by atoms with Crippen LogP contribution in [0.3, 0.4) is 0 Å². The zero-order valence-corrected chi connectivity index (χ0v) is 22.8. The van der Waals surface area contributed by atoms with Gasteiger partial charge in [0.25, 0.3) is 5.91 Å². The molecule has 1 heterocycles. The van der Waals surface area contributed by atoms with Gasteiger partial charge < -0.3 is 20.1 Å². The number of aliphatic hydroxyl groups is 1. The Hall–Kier alpha value is -2.53. The summed E-state index contributed by atoms with van der Waals surface area (Å²) in [6.45, 7) is 12.0. The highest BCUT2D eigenvalue weighted by molar-refractivity contribution is 5.97. The number of hydrogen-bond donors (Lipinski definition) is 2. The number of nitrogens with zero attached hydrogens (tertiary/aromatic N) is 1. The monoisotopic (exact) mass is 494 g/mol. The number of benzene rings is 1. The van der Waals surface area contributed by atoms with Crippen molar-refractivity contribution in [3.05, 3.63) is 64.4 Å². The molecule has 0 unspecified atom stereocenters. The van der Waals surface area contributed by atoms with Crippen LogP contribution in [0.15, 0.2) is 47.7 Å². The average molecular weight is 495 g/mol. The smallest absolute Gasteiger partial charge is 0.251 e. The van der Waals surface area contributed by atoms with Crippen LogP contribution >= 0.6 is 0 Å². The van der Waals surface area contributed by atoms with Gasteiger partial charge >= 0.3 is 0 Å². The normalized spacial score (nSPS) is 16.9. The quantitative estimate of drug-likeness (QED) is 0.365. The van der Waals surface area contributed by atoms with Crippen molar-refractivity contribution in [3.8, 4) is 5.75 Å². The molecule has 1 aromatic rings. The minimum absolute atomic E-state index is 0.0802. The van der Waals surface area contributed by atoms with E-state index >= 15 is 0 Å². The summed E-state index contributed by atoms with van der Waals surface area (Å²) in [4.78, 5) is 15.1. The molecule has 1 fully saturated rings. The molecule has 198 valence electrons. The SMILES string of the molecule is Cc1cc(OCCCC2CCN(C3=CC=C(C(C)C)C=CCC3)CC2)cc(C)c1C(=O)NCCCO. The standard InChI is InChI=1S/C31H46N2O3/c1-23(2)27-10-5-6-11-28(13-12-27)33-17-14-26(15-18-33)9-7-20-36-29-21-24(3)30(25(4)22-29)31(35)32-16-8-19-34/h5,10,12-13,21-23,26,34H,6-9,11,14-20H2,1-4H3,(H,32,35). The van der Waals surface area contributed by atoms with Crippen molar-refractivity contribution in [2.24, 2.45) is 11.8 Å². The van der Waals surface area contributed by atoms with Gasteiger partial charge in [-0.25, -0.2) is 0 Å². The molecule has 1 amide bonds. The third-order valence-corrected chi connectivity index (χ3v) is 7.41. The van der Waals surface area contributed by atoms with Gasteiger partial charge in [-0.2, -0.15) is 0 Å². The number of aliphatic hydroxyl groups excluding tert-OH is 1. The number of hydrogen-bond acceptors (Lipinski definition) is 4. The molecule has 36 heavy (non-hydrogen) atoms. The van der Waals surface area contributed by atoms with E-state index in [0.29, 0.717) is 31.1 Å². The Balaban J connectivity index is 1.41. The number of carbonyl (C=O) groups is 1. The van der Waals surface area contributed by atoms with Gasteiger partial charge in [-0.05, 0) is 106 Å². The van der Waals surface area contributed by atoms with Gasteiger partial charge in [0.05, 0.1) is 6.61 Å². The molecule has 1 saturated heterocycles. The summed E-state index contributed by atoms with van der Waals surface area (Å²) in [6, 6.07) is 3.92. The number of aryl methyl sites for hydroxylation is 2. The van der Waals surface area contributed by atoms with E-state index in [0.717, 1.165) is 55.1 Å². The van der Waals surface area contributed by atoms with E-state index in [4.69, 9.17) is 9.84 Å². The second-order valence-electron chi connectivity index (χ2n) is 10.6. The fourth-order valence-corrected chi connectivity index (χ4v) is 5.24. The van der Waals surface area contributed by atoms with E-state index in [2.05, 4.69) is 48.4 Å². The van der Waals surface area contributed by atoms with Crippen molar-refractivity contribution in [1.29, 1.82) is 0 Å². The Morgan fingerprint density at radius 2 is 1.86 bits per heavy atom. The number of carbonyl (C=O) groups excluding carboxylic acids is 1. The van der Waals surface area contributed by atoms with E-state index < -0.39 is 0 Å². The van der Waals surface area contributed by atoms with Crippen LogP contribution < -0.4 is 10.1 Å². The molecule has 2 aliphatic rings. The Morgan fingerprint density at radius 1 is 1.14 bits per heavy atom. The molecule has 1 aliphatic carbocycles. The molecule has 0 aromatic heterocycles. The van der Waals surface area contributed by atoms with Crippen LogP contribution in [0.1, 0.15) is 80.3 Å². The summed E-state index contributed by atoms with van der Waals surface area (Å²) >= 11 is 0. The first kappa shape index (κ1) is 28.0. The molecular formula is C31H46N2O3. The maximum absolute atomic E-state index is 12.5. The average Bonchev–Trinajstić information content (AvgIpc) is 2.82. The topological polar surface area (TPSA) is 61.8 Å². The van der Waals surface area contributed by atoms with Crippen LogP contribution in [0.5, 0.6) is 5.75 Å². The second-order valence-corrected chi connectivity index (χ2v) is 10.6. The highest BCUT2D eigenvalue weighted by Gasteiger charge is 2.21. The first-order valence-corrected chi connectivity index (χ1v) is 13.8. The minimum atomic E-state index is -0.0839. The van der Waals surface area contributed by atoms with Crippen molar-refractivity contribution in [2.45, 2.75) is 72.6 Å². The van der Waals surface area contributed by atoms with Crippen LogP contribution in [0, 0.1) is 25.7 Å². The molecule has 0 bridgehead atoms. The van der Waals surface area contributed by atoms with E-state index in [-0.39, 0.29) is 12.5 Å². The Kier molecular flexibility index (Phi) is 11.1. The molecule has 0 spiro atoms. The number of allylic oxidation sites excluding steroid dienone is 6. The van der Waals surface area contributed by atoms with Crippen molar-refractivity contribution in [3.63, 3.8) is 0 Å². The highest BCUT2D eigenvalue weighted by atomic mass is 16.5. The van der Waals surface area contributed by atoms with E-state index in [1.165, 1.54) is 30.5 Å². The third-order valence-electron chi connectivity index (χ3n) is 7.41. The molecule has 5 nitrogen and oxygen atoms in total. The van der Waals surface area contributed by atoms with Gasteiger partial charge in [0.15, 0.2) is 0 Å². The van der Waals surface area contributed by atoms with Crippen molar-refractivity contribution >= 4 is 5.91 Å². The maximum Gasteiger partial charge on any atom is 0.251 e. The lowest BCUT2D eigenvalue weighted by atomic mass is 9.91. The van der Waals surface area contributed by atoms with E-state index in [1.807, 2.05) is 26.0 Å². The van der Waals surface area contributed by atoms with Gasteiger partial charge in [0, 0.05) is 37.5 Å². The molecule has 3 rings (SSSR count). The summed E-state index contributed by atoms with van der Waals surface area (Å²) in [7, 11) is 0. The predicted octanol–water partition coefficient (Wildman–Crippen LogP) is 6.10. The van der Waals surface area contributed by atoms with Crippen LogP contribution in [0.25, 0.3) is 0 Å². The number of ether oxygens (including phenoxy) is 1. The van der Waals surface area contributed by atoms with Crippen LogP contribution in [-0.4, -0.2) is 48.8 Å². The predicted molar refractivity (Wildman–Crippen MR) is 148 cm³/mol. The molecule has 0 saturated carbocycles. The van der Waals surface area contributed by atoms with E-state index in [1.54, 1.807) is 0 Å². The number of nitrogens with one attached hydrogen (secondary N) is 1. The number of piperidine rings is 1. The van der Waals surface area contributed by atoms with Gasteiger partial charge in [-0.15, -0.1) is 0 Å². The molecule has 0 radical (unpaired) electrons. The van der Waals surface area contributed by atoms with Crippen LogP contribution in [0.2, 0.25) is 0 Å². The molecule has 2 N–H and O–H groups in total. The fraction of sp³-hybridized carbons (Fsp3) is 0.581. The fourth-order valence-electron chi connectivity index (χ4n) is 5.24. The molecule has 1 aromatic carbocycles. The van der Waals surface area contributed by atoms with Gasteiger partial charge in [-0.3, -0.25) is 4.79 Å². The molecular weight excluding hydrogens is 448 g/mol. The lowest BCUT2D eigenvalue weighted by molar-refractivity contribution is 0.0950. The van der Waals surface area contributed by atoms with Gasteiger partial charge in [-0.1, -0.05) is 32.1 Å². The zero-order chi connectivity index (χ0) is 25.9. The first-order chi connectivity index (χ1) is 17.4. The van der Waals surface area contributed by atoms with Crippen LogP contribution in [0.4, 0.5) is 0 Å². The summed E-state index contributed by atoms with van der Waals surface area (Å²) < 4.78 is 6.07. The largest absolute Gasteiger partial charge is 0.494 e. The van der Waals surface area contributed by atoms with E-state index in [9.17, 15) is 4.79 Å². The Labute approximate surface area is 218 Å². The lowest BCUT2D eigenvalue weighted by Crippen LogP contribution is -2.33. The van der Waals surface area contributed by atoms with Crippen LogP contribution in [-0.2, 0) is 0 Å². The first-order valence-electron chi connectivity index (χ1n) is 13.8. The number of amides is 1. The third kappa shape index (κ3) is 8.26.